The molecule has 1 aromatic rings. The van der Waals surface area contributed by atoms with Crippen molar-refractivity contribution in [1.29, 1.82) is 0 Å². The molecule has 0 heterocycles. The number of anilines is 1. The maximum Gasteiger partial charge on any atom is 0.221 e. The zero-order valence-electron chi connectivity index (χ0n) is 7.62. The van der Waals surface area contributed by atoms with Gasteiger partial charge in [0, 0.05) is 11.9 Å². The molecule has 1 aromatic carbocycles. The third-order valence-electron chi connectivity index (χ3n) is 1.70. The van der Waals surface area contributed by atoms with E-state index in [1.165, 1.54) is 13.0 Å². The van der Waals surface area contributed by atoms with Crippen LogP contribution in [0, 0.1) is 12.7 Å². The fourth-order valence-electron chi connectivity index (χ4n) is 0.967. The minimum absolute atomic E-state index is 0.00176. The summed E-state index contributed by atoms with van der Waals surface area (Å²) < 4.78 is 13.4. The molecular weight excluding hydrogens is 228 g/mol. The van der Waals surface area contributed by atoms with E-state index < -0.39 is 5.82 Å². The fourth-order valence-corrected chi connectivity index (χ4v) is 1.42. The lowest BCUT2D eigenvalue weighted by Crippen LogP contribution is -2.08. The van der Waals surface area contributed by atoms with Gasteiger partial charge in [-0.3, -0.25) is 4.79 Å². The highest BCUT2D eigenvalue weighted by molar-refractivity contribution is 6.36. The summed E-state index contributed by atoms with van der Waals surface area (Å²) >= 11 is 11.4. The number of nitrogens with one attached hydrogen (secondary N) is 1. The topological polar surface area (TPSA) is 29.1 Å². The van der Waals surface area contributed by atoms with Crippen molar-refractivity contribution in [3.63, 3.8) is 0 Å². The Kier molecular flexibility index (Phi) is 3.34. The van der Waals surface area contributed by atoms with Crippen LogP contribution in [-0.4, -0.2) is 5.91 Å². The first-order chi connectivity index (χ1) is 6.43. The predicted molar refractivity (Wildman–Crippen MR) is 55.5 cm³/mol. The van der Waals surface area contributed by atoms with E-state index in [4.69, 9.17) is 23.2 Å². The normalized spacial score (nSPS) is 10.1. The summed E-state index contributed by atoms with van der Waals surface area (Å²) in [5.41, 5.74) is 0.457. The van der Waals surface area contributed by atoms with Gasteiger partial charge in [-0.1, -0.05) is 23.2 Å². The van der Waals surface area contributed by atoms with Gasteiger partial charge in [0.25, 0.3) is 0 Å². The van der Waals surface area contributed by atoms with E-state index in [9.17, 15) is 9.18 Å². The quantitative estimate of drug-likeness (QED) is 0.744. The third-order valence-corrected chi connectivity index (χ3v) is 2.54. The maximum atomic E-state index is 13.4. The van der Waals surface area contributed by atoms with Gasteiger partial charge in [0.05, 0.1) is 10.7 Å². The number of hydrogen-bond acceptors (Lipinski definition) is 1. The Bertz CT molecular complexity index is 393. The van der Waals surface area contributed by atoms with Gasteiger partial charge in [0.2, 0.25) is 5.91 Å². The minimum Gasteiger partial charge on any atom is -0.324 e. The molecule has 0 aliphatic heterocycles. The van der Waals surface area contributed by atoms with E-state index >= 15 is 0 Å². The summed E-state index contributed by atoms with van der Waals surface area (Å²) in [6.07, 6.45) is 0. The molecule has 0 spiro atoms. The molecule has 2 nitrogen and oxygen atoms in total. The Morgan fingerprint density at radius 2 is 2.07 bits per heavy atom. The van der Waals surface area contributed by atoms with Gasteiger partial charge in [-0.15, -0.1) is 0 Å². The van der Waals surface area contributed by atoms with Crippen molar-refractivity contribution in [2.45, 2.75) is 13.8 Å². The Labute approximate surface area is 91.0 Å². The summed E-state index contributed by atoms with van der Waals surface area (Å²) in [5, 5.41) is 2.55. The lowest BCUT2D eigenvalue weighted by Gasteiger charge is -2.08. The molecule has 0 aliphatic carbocycles. The van der Waals surface area contributed by atoms with Gasteiger partial charge >= 0.3 is 0 Å². The molecule has 0 aromatic heterocycles. The van der Waals surface area contributed by atoms with Crippen molar-refractivity contribution >= 4 is 34.8 Å². The number of halogens is 3. The van der Waals surface area contributed by atoms with Crippen LogP contribution in [0.1, 0.15) is 12.5 Å². The first-order valence-electron chi connectivity index (χ1n) is 3.85. The molecule has 0 fully saturated rings. The average molecular weight is 236 g/mol. The summed E-state index contributed by atoms with van der Waals surface area (Å²) in [5.74, 6) is -1.04. The van der Waals surface area contributed by atoms with Crippen molar-refractivity contribution in [1.82, 2.24) is 0 Å². The van der Waals surface area contributed by atoms with Crippen LogP contribution in [0.5, 0.6) is 0 Å². The third kappa shape index (κ3) is 2.16. The van der Waals surface area contributed by atoms with Crippen LogP contribution in [-0.2, 0) is 4.79 Å². The zero-order valence-corrected chi connectivity index (χ0v) is 9.13. The van der Waals surface area contributed by atoms with Gasteiger partial charge in [-0.05, 0) is 18.6 Å². The average Bonchev–Trinajstić information content (AvgIpc) is 2.10. The molecule has 76 valence electrons. The molecule has 0 atom stereocenters. The van der Waals surface area contributed by atoms with E-state index in [1.54, 1.807) is 6.92 Å². The van der Waals surface area contributed by atoms with E-state index in [1.807, 2.05) is 0 Å². The van der Waals surface area contributed by atoms with Crippen LogP contribution in [0.4, 0.5) is 10.1 Å². The van der Waals surface area contributed by atoms with E-state index in [-0.39, 0.29) is 16.6 Å². The zero-order chi connectivity index (χ0) is 10.9. The van der Waals surface area contributed by atoms with Crippen LogP contribution >= 0.6 is 23.2 Å². The summed E-state index contributed by atoms with van der Waals surface area (Å²) in [4.78, 5) is 10.7. The second kappa shape index (κ2) is 4.15. The van der Waals surface area contributed by atoms with Crippen LogP contribution in [0.3, 0.4) is 0 Å². The summed E-state index contributed by atoms with van der Waals surface area (Å²) in [6.45, 7) is 2.88. The molecule has 0 saturated carbocycles. The van der Waals surface area contributed by atoms with Crippen molar-refractivity contribution in [3.8, 4) is 0 Å². The molecule has 0 bridgehead atoms. The predicted octanol–water partition coefficient (Wildman–Crippen LogP) is 3.40. The molecular formula is C9H8Cl2FNO. The van der Waals surface area contributed by atoms with Crippen molar-refractivity contribution in [2.75, 3.05) is 5.32 Å². The number of rotatable bonds is 1. The minimum atomic E-state index is -0.663. The molecule has 0 aliphatic rings. The molecule has 1 amide bonds. The Hall–Kier alpha value is -0.800. The number of hydrogen-bond donors (Lipinski definition) is 1. The largest absolute Gasteiger partial charge is 0.324 e. The van der Waals surface area contributed by atoms with E-state index in [0.29, 0.717) is 10.6 Å². The van der Waals surface area contributed by atoms with Crippen LogP contribution < -0.4 is 5.32 Å². The lowest BCUT2D eigenvalue weighted by molar-refractivity contribution is -0.114. The van der Waals surface area contributed by atoms with E-state index in [2.05, 4.69) is 5.32 Å². The maximum absolute atomic E-state index is 13.4. The summed E-state index contributed by atoms with van der Waals surface area (Å²) in [6, 6.07) is 1.33. The Morgan fingerprint density at radius 1 is 1.50 bits per heavy atom. The van der Waals surface area contributed by atoms with Gasteiger partial charge in [-0.25, -0.2) is 4.39 Å². The Balaban J connectivity index is 3.25. The monoisotopic (exact) mass is 235 g/mol. The second-order valence-corrected chi connectivity index (χ2v) is 3.63. The number of benzene rings is 1. The first kappa shape index (κ1) is 11.3. The Morgan fingerprint density at radius 3 is 2.57 bits per heavy atom. The van der Waals surface area contributed by atoms with Crippen LogP contribution in [0.25, 0.3) is 0 Å². The van der Waals surface area contributed by atoms with Crippen LogP contribution in [0.15, 0.2) is 6.07 Å². The number of carbonyl (C=O) groups excluding carboxylic acids is 1. The molecule has 0 radical (unpaired) electrons. The van der Waals surface area contributed by atoms with E-state index in [0.717, 1.165) is 0 Å². The standard InChI is InChI=1S/C9H8Cl2FNO/c1-4-6(10)3-7(13-5(2)14)9(12)8(4)11/h3H,1-2H3,(H,13,14). The van der Waals surface area contributed by atoms with Crippen molar-refractivity contribution < 1.29 is 9.18 Å². The van der Waals surface area contributed by atoms with Gasteiger partial charge in [-0.2, -0.15) is 0 Å². The molecule has 14 heavy (non-hydrogen) atoms. The van der Waals surface area contributed by atoms with Gasteiger partial charge in [0.1, 0.15) is 0 Å². The fraction of sp³-hybridized carbons (Fsp3) is 0.222. The number of carbonyl (C=O) groups is 1. The number of amides is 1. The molecule has 1 rings (SSSR count). The lowest BCUT2D eigenvalue weighted by atomic mass is 10.2. The van der Waals surface area contributed by atoms with Crippen molar-refractivity contribution in [3.05, 3.63) is 27.5 Å². The van der Waals surface area contributed by atoms with Gasteiger partial charge in [0.15, 0.2) is 5.82 Å². The van der Waals surface area contributed by atoms with Gasteiger partial charge < -0.3 is 5.32 Å². The SMILES string of the molecule is CC(=O)Nc1cc(Cl)c(C)c(Cl)c1F. The molecule has 1 N–H and O–H groups in total. The van der Waals surface area contributed by atoms with Crippen LogP contribution in [0.2, 0.25) is 10.0 Å². The molecule has 0 saturated heterocycles. The van der Waals surface area contributed by atoms with Crippen molar-refractivity contribution in [2.24, 2.45) is 0 Å². The highest BCUT2D eigenvalue weighted by Gasteiger charge is 2.13. The smallest absolute Gasteiger partial charge is 0.221 e. The first-order valence-corrected chi connectivity index (χ1v) is 4.60. The highest BCUT2D eigenvalue weighted by Crippen LogP contribution is 2.31. The summed E-state index contributed by atoms with van der Waals surface area (Å²) in [7, 11) is 0. The highest BCUT2D eigenvalue weighted by atomic mass is 35.5. The second-order valence-electron chi connectivity index (χ2n) is 2.84. The molecule has 0 unspecified atom stereocenters. The molecule has 5 heteroatoms.